The minimum atomic E-state index is 0.197. The third-order valence-electron chi connectivity index (χ3n) is 4.81. The van der Waals surface area contributed by atoms with Gasteiger partial charge in [0.15, 0.2) is 5.78 Å². The number of nitrogens with two attached hydrogens (primary N) is 1. The van der Waals surface area contributed by atoms with E-state index in [-0.39, 0.29) is 5.78 Å². The van der Waals surface area contributed by atoms with Crippen LogP contribution in [0.25, 0.3) is 11.3 Å². The first-order valence-electron chi connectivity index (χ1n) is 9.61. The molecule has 28 heavy (non-hydrogen) atoms. The second-order valence-corrected chi connectivity index (χ2v) is 6.95. The highest BCUT2D eigenvalue weighted by Crippen LogP contribution is 2.29. The van der Waals surface area contributed by atoms with Crippen LogP contribution >= 0.6 is 0 Å². The van der Waals surface area contributed by atoms with Gasteiger partial charge in [-0.25, -0.2) is 4.98 Å². The minimum Gasteiger partial charge on any atom is -0.398 e. The van der Waals surface area contributed by atoms with E-state index in [1.807, 2.05) is 54.6 Å². The van der Waals surface area contributed by atoms with Gasteiger partial charge >= 0.3 is 0 Å². The molecule has 3 aromatic rings. The number of carbonyl (C=O) groups excluding carboxylic acids is 1. The maximum Gasteiger partial charge on any atom is 0.162 e. The number of anilines is 1. The molecule has 1 aromatic heterocycles. The van der Waals surface area contributed by atoms with Crippen LogP contribution in [-0.4, -0.2) is 21.0 Å². The number of nitrogens with one attached hydrogen (secondary N) is 1. The van der Waals surface area contributed by atoms with Gasteiger partial charge in [0, 0.05) is 29.8 Å². The number of benzene rings is 2. The molecule has 0 atom stereocenters. The summed E-state index contributed by atoms with van der Waals surface area (Å²) in [6.45, 7) is 2.52. The number of nitrogens with zero attached hydrogens (tertiary/aromatic N) is 2. The van der Waals surface area contributed by atoms with Gasteiger partial charge in [0.1, 0.15) is 5.69 Å². The molecule has 0 saturated heterocycles. The molecule has 2 aromatic carbocycles. The second kappa shape index (κ2) is 9.13. The van der Waals surface area contributed by atoms with Crippen molar-refractivity contribution in [3.63, 3.8) is 0 Å². The van der Waals surface area contributed by atoms with Crippen molar-refractivity contribution in [2.45, 2.75) is 39.2 Å². The summed E-state index contributed by atoms with van der Waals surface area (Å²) in [5.74, 6) is 0.197. The number of unbranched alkanes of at least 4 members (excludes halogenated alkanes) is 2. The number of Topliss-reactive ketones (excluding diaryl/α,β-unsaturated/α-hetero) is 1. The maximum atomic E-state index is 12.2. The summed E-state index contributed by atoms with van der Waals surface area (Å²) in [6.07, 6.45) is 5.11. The van der Waals surface area contributed by atoms with Crippen molar-refractivity contribution in [3.05, 3.63) is 72.2 Å². The van der Waals surface area contributed by atoms with Crippen LogP contribution in [0.3, 0.4) is 0 Å². The van der Waals surface area contributed by atoms with E-state index < -0.39 is 0 Å². The predicted molar refractivity (Wildman–Crippen MR) is 114 cm³/mol. The molecule has 0 unspecified atom stereocenters. The highest BCUT2D eigenvalue weighted by molar-refractivity contribution is 6.01. The summed E-state index contributed by atoms with van der Waals surface area (Å²) in [5.41, 5.74) is 10.5. The molecular weight excluding hydrogens is 348 g/mol. The van der Waals surface area contributed by atoms with E-state index in [4.69, 9.17) is 11.1 Å². The first kappa shape index (κ1) is 19.5. The molecule has 0 aliphatic heterocycles. The molecule has 0 radical (unpaired) electrons. The maximum absolute atomic E-state index is 12.2. The summed E-state index contributed by atoms with van der Waals surface area (Å²) in [4.78, 5) is 16.6. The predicted octanol–water partition coefficient (Wildman–Crippen LogP) is 4.96. The Bertz CT molecular complexity index is 960. The van der Waals surface area contributed by atoms with Crippen LogP contribution in [0.5, 0.6) is 0 Å². The molecule has 3 rings (SSSR count). The van der Waals surface area contributed by atoms with Crippen molar-refractivity contribution in [2.24, 2.45) is 0 Å². The first-order chi connectivity index (χ1) is 13.6. The van der Waals surface area contributed by atoms with Gasteiger partial charge in [0.2, 0.25) is 0 Å². The Morgan fingerprint density at radius 2 is 1.75 bits per heavy atom. The van der Waals surface area contributed by atoms with Gasteiger partial charge in [-0.1, -0.05) is 55.0 Å². The Morgan fingerprint density at radius 3 is 2.46 bits per heavy atom. The average molecular weight is 374 g/mol. The van der Waals surface area contributed by atoms with E-state index in [0.717, 1.165) is 42.6 Å². The van der Waals surface area contributed by atoms with Crippen LogP contribution in [0.15, 0.2) is 60.9 Å². The van der Waals surface area contributed by atoms with Crippen LogP contribution in [0, 0.1) is 5.41 Å². The average Bonchev–Trinajstić information content (AvgIpc) is 3.12. The highest BCUT2D eigenvalue weighted by atomic mass is 16.1. The molecule has 5 heteroatoms. The summed E-state index contributed by atoms with van der Waals surface area (Å²) >= 11 is 0. The number of aromatic nitrogens is 2. The number of hydrogen-bond acceptors (Lipinski definition) is 4. The number of para-hydroxylation sites is 1. The SMILES string of the molecule is CC(=N)c1ncn(CCCCCC(=O)c2ccccc2)c1-c1ccccc1N. The van der Waals surface area contributed by atoms with Crippen molar-refractivity contribution in [3.8, 4) is 11.3 Å². The molecule has 0 aliphatic carbocycles. The zero-order valence-corrected chi connectivity index (χ0v) is 16.2. The van der Waals surface area contributed by atoms with E-state index >= 15 is 0 Å². The lowest BCUT2D eigenvalue weighted by Crippen LogP contribution is -2.05. The van der Waals surface area contributed by atoms with Gasteiger partial charge in [-0.05, 0) is 25.8 Å². The quantitative estimate of drug-likeness (QED) is 0.240. The molecule has 0 spiro atoms. The van der Waals surface area contributed by atoms with E-state index in [1.165, 1.54) is 0 Å². The lowest BCUT2D eigenvalue weighted by molar-refractivity contribution is 0.0979. The summed E-state index contributed by atoms with van der Waals surface area (Å²) in [7, 11) is 0. The van der Waals surface area contributed by atoms with E-state index in [2.05, 4.69) is 9.55 Å². The molecule has 0 amide bonds. The largest absolute Gasteiger partial charge is 0.398 e. The molecule has 0 bridgehead atoms. The molecule has 1 heterocycles. The van der Waals surface area contributed by atoms with Gasteiger partial charge in [0.05, 0.1) is 17.7 Å². The number of hydrogen-bond donors (Lipinski definition) is 2. The Hall–Kier alpha value is -3.21. The van der Waals surface area contributed by atoms with Gasteiger partial charge in [-0.15, -0.1) is 0 Å². The number of imidazole rings is 1. The third-order valence-corrected chi connectivity index (χ3v) is 4.81. The van der Waals surface area contributed by atoms with Crippen molar-refractivity contribution < 1.29 is 4.79 Å². The molecule has 3 N–H and O–H groups in total. The number of nitrogen functional groups attached to an aromatic ring is 1. The molecule has 144 valence electrons. The van der Waals surface area contributed by atoms with Crippen LogP contribution in [0.4, 0.5) is 5.69 Å². The summed E-state index contributed by atoms with van der Waals surface area (Å²) in [5, 5.41) is 8.03. The fourth-order valence-corrected chi connectivity index (χ4v) is 3.33. The summed E-state index contributed by atoms with van der Waals surface area (Å²) < 4.78 is 2.07. The van der Waals surface area contributed by atoms with Crippen molar-refractivity contribution in [1.82, 2.24) is 9.55 Å². The second-order valence-electron chi connectivity index (χ2n) is 6.95. The Morgan fingerprint density at radius 1 is 1.04 bits per heavy atom. The minimum absolute atomic E-state index is 0.197. The standard InChI is InChI=1S/C23H26N4O/c1-17(24)22-23(19-12-7-8-13-20(19)25)27(16-26-22)15-9-3-6-14-21(28)18-10-4-2-5-11-18/h2,4-5,7-8,10-13,16,24H,3,6,9,14-15,25H2,1H3. The molecule has 0 aliphatic rings. The number of aryl methyl sites for hydroxylation is 1. The fourth-order valence-electron chi connectivity index (χ4n) is 3.33. The molecule has 0 saturated carbocycles. The molecular formula is C23H26N4O. The van der Waals surface area contributed by atoms with Gasteiger partial charge in [-0.3, -0.25) is 4.79 Å². The van der Waals surface area contributed by atoms with E-state index in [1.54, 1.807) is 13.3 Å². The van der Waals surface area contributed by atoms with Gasteiger partial charge in [-0.2, -0.15) is 0 Å². The van der Waals surface area contributed by atoms with Crippen molar-refractivity contribution in [2.75, 3.05) is 5.73 Å². The number of carbonyl (C=O) groups is 1. The Balaban J connectivity index is 1.61. The van der Waals surface area contributed by atoms with Crippen LogP contribution in [0.1, 0.15) is 48.7 Å². The topological polar surface area (TPSA) is 84.8 Å². The zero-order valence-electron chi connectivity index (χ0n) is 16.2. The van der Waals surface area contributed by atoms with Crippen molar-refractivity contribution in [1.29, 1.82) is 5.41 Å². The van der Waals surface area contributed by atoms with E-state index in [0.29, 0.717) is 23.5 Å². The number of rotatable bonds is 9. The number of ketones is 1. The molecule has 5 nitrogen and oxygen atoms in total. The highest BCUT2D eigenvalue weighted by Gasteiger charge is 2.16. The summed E-state index contributed by atoms with van der Waals surface area (Å²) in [6, 6.07) is 17.1. The molecule has 0 fully saturated rings. The van der Waals surface area contributed by atoms with Crippen molar-refractivity contribution >= 4 is 17.2 Å². The van der Waals surface area contributed by atoms with Crippen LogP contribution in [-0.2, 0) is 6.54 Å². The monoisotopic (exact) mass is 374 g/mol. The Labute approximate surface area is 165 Å². The smallest absolute Gasteiger partial charge is 0.162 e. The van der Waals surface area contributed by atoms with E-state index in [9.17, 15) is 4.79 Å². The van der Waals surface area contributed by atoms with Gasteiger partial charge < -0.3 is 15.7 Å². The fraction of sp³-hybridized carbons (Fsp3) is 0.261. The lowest BCUT2D eigenvalue weighted by atomic mass is 10.0. The van der Waals surface area contributed by atoms with Crippen LogP contribution < -0.4 is 5.73 Å². The lowest BCUT2D eigenvalue weighted by Gasteiger charge is -2.12. The zero-order chi connectivity index (χ0) is 19.9. The van der Waals surface area contributed by atoms with Gasteiger partial charge in [0.25, 0.3) is 0 Å². The normalized spacial score (nSPS) is 10.8. The Kier molecular flexibility index (Phi) is 6.37. The first-order valence-corrected chi connectivity index (χ1v) is 9.61. The van der Waals surface area contributed by atoms with Crippen LogP contribution in [0.2, 0.25) is 0 Å². The third kappa shape index (κ3) is 4.55.